The lowest BCUT2D eigenvalue weighted by atomic mass is 10.1. The van der Waals surface area contributed by atoms with Crippen molar-refractivity contribution in [3.8, 4) is 17.2 Å². The van der Waals surface area contributed by atoms with Crippen molar-refractivity contribution in [1.29, 1.82) is 0 Å². The molecule has 0 bridgehead atoms. The molecule has 1 aliphatic rings. The van der Waals surface area contributed by atoms with Gasteiger partial charge in [-0.1, -0.05) is 12.1 Å². The summed E-state index contributed by atoms with van der Waals surface area (Å²) in [4.78, 5) is 15.1. The van der Waals surface area contributed by atoms with E-state index in [1.54, 1.807) is 0 Å². The average molecular weight is 418 g/mol. The van der Waals surface area contributed by atoms with E-state index in [0.717, 1.165) is 37.7 Å². The molecule has 6 nitrogen and oxygen atoms in total. The number of hydrogen-bond acceptors (Lipinski definition) is 5. The van der Waals surface area contributed by atoms with Crippen molar-refractivity contribution in [3.05, 3.63) is 78.4 Å². The van der Waals surface area contributed by atoms with Crippen LogP contribution < -0.4 is 19.7 Å². The second kappa shape index (κ2) is 10.00. The number of carbonyl (C=O) groups is 1. The monoisotopic (exact) mass is 418 g/mol. The summed E-state index contributed by atoms with van der Waals surface area (Å²) in [5.41, 5.74) is 2.30. The minimum Gasteiger partial charge on any atom is -0.494 e. The Balaban J connectivity index is 1.43. The van der Waals surface area contributed by atoms with Gasteiger partial charge < -0.3 is 24.4 Å². The largest absolute Gasteiger partial charge is 0.494 e. The van der Waals surface area contributed by atoms with Crippen LogP contribution in [0.2, 0.25) is 0 Å². The fourth-order valence-electron chi connectivity index (χ4n) is 3.40. The number of benzene rings is 3. The Morgan fingerprint density at radius 1 is 0.935 bits per heavy atom. The fourth-order valence-corrected chi connectivity index (χ4v) is 3.40. The first-order chi connectivity index (χ1) is 15.2. The molecular weight excluding hydrogens is 392 g/mol. The molecule has 1 N–H and O–H groups in total. The molecule has 0 unspecified atom stereocenters. The lowest BCUT2D eigenvalue weighted by Gasteiger charge is -2.28. The molecule has 160 valence electrons. The number of nitrogens with zero attached hydrogens (tertiary/aromatic N) is 1. The van der Waals surface area contributed by atoms with Crippen LogP contribution in [0.25, 0.3) is 0 Å². The number of amides is 1. The summed E-state index contributed by atoms with van der Waals surface area (Å²) in [6.45, 7) is 5.74. The summed E-state index contributed by atoms with van der Waals surface area (Å²) in [5, 5.41) is 2.96. The van der Waals surface area contributed by atoms with Crippen molar-refractivity contribution >= 4 is 17.3 Å². The Labute approximate surface area is 182 Å². The molecule has 0 saturated carbocycles. The first kappa shape index (κ1) is 20.8. The molecule has 4 rings (SSSR count). The van der Waals surface area contributed by atoms with E-state index in [4.69, 9.17) is 14.2 Å². The van der Waals surface area contributed by atoms with Crippen molar-refractivity contribution in [2.75, 3.05) is 43.1 Å². The zero-order valence-electron chi connectivity index (χ0n) is 17.5. The Morgan fingerprint density at radius 2 is 1.61 bits per heavy atom. The molecule has 0 aromatic heterocycles. The van der Waals surface area contributed by atoms with Gasteiger partial charge in [-0.05, 0) is 67.6 Å². The highest BCUT2D eigenvalue weighted by Crippen LogP contribution is 2.30. The van der Waals surface area contributed by atoms with E-state index >= 15 is 0 Å². The van der Waals surface area contributed by atoms with Crippen molar-refractivity contribution in [1.82, 2.24) is 0 Å². The summed E-state index contributed by atoms with van der Waals surface area (Å²) >= 11 is 0. The van der Waals surface area contributed by atoms with Gasteiger partial charge in [-0.15, -0.1) is 0 Å². The Hall–Kier alpha value is -3.51. The predicted octanol–water partition coefficient (Wildman–Crippen LogP) is 4.97. The number of morpholine rings is 1. The van der Waals surface area contributed by atoms with E-state index in [-0.39, 0.29) is 5.91 Å². The second-order valence-corrected chi connectivity index (χ2v) is 7.10. The molecule has 3 aromatic rings. The fraction of sp³-hybridized carbons (Fsp3) is 0.240. The number of carbonyl (C=O) groups excluding carboxylic acids is 1. The molecule has 1 fully saturated rings. The highest BCUT2D eigenvalue weighted by Gasteiger charge is 2.14. The van der Waals surface area contributed by atoms with Crippen molar-refractivity contribution in [2.24, 2.45) is 0 Å². The number of hydrogen-bond donors (Lipinski definition) is 1. The topological polar surface area (TPSA) is 60.0 Å². The third-order valence-corrected chi connectivity index (χ3v) is 5.00. The molecule has 3 aromatic carbocycles. The molecule has 0 radical (unpaired) electrons. The standard InChI is InChI=1S/C25H26N2O4/c1-2-30-21-11-13-22(14-12-21)31-24-6-4-3-5-23(24)26-25(28)19-7-9-20(10-8-19)27-15-17-29-18-16-27/h3-14H,2,15-18H2,1H3,(H,26,28). The van der Waals surface area contributed by atoms with Crippen LogP contribution in [0.4, 0.5) is 11.4 Å². The summed E-state index contributed by atoms with van der Waals surface area (Å²) in [7, 11) is 0. The van der Waals surface area contributed by atoms with Crippen molar-refractivity contribution < 1.29 is 19.0 Å². The second-order valence-electron chi connectivity index (χ2n) is 7.10. The van der Waals surface area contributed by atoms with Gasteiger partial charge >= 0.3 is 0 Å². The highest BCUT2D eigenvalue weighted by molar-refractivity contribution is 6.05. The van der Waals surface area contributed by atoms with E-state index in [1.807, 2.05) is 79.7 Å². The summed E-state index contributed by atoms with van der Waals surface area (Å²) in [5.74, 6) is 1.85. The number of ether oxygens (including phenoxy) is 3. The first-order valence-corrected chi connectivity index (χ1v) is 10.5. The molecule has 0 atom stereocenters. The minimum atomic E-state index is -0.184. The van der Waals surface area contributed by atoms with Crippen LogP contribution in [-0.2, 0) is 4.74 Å². The molecule has 0 aliphatic carbocycles. The molecule has 1 aliphatic heterocycles. The van der Waals surface area contributed by atoms with E-state index < -0.39 is 0 Å². The zero-order chi connectivity index (χ0) is 21.5. The van der Waals surface area contributed by atoms with Crippen LogP contribution in [0.5, 0.6) is 17.2 Å². The van der Waals surface area contributed by atoms with Gasteiger partial charge in [0.1, 0.15) is 11.5 Å². The molecule has 1 amide bonds. The number of anilines is 2. The van der Waals surface area contributed by atoms with Crippen LogP contribution in [0.3, 0.4) is 0 Å². The van der Waals surface area contributed by atoms with Crippen LogP contribution in [0.15, 0.2) is 72.8 Å². The van der Waals surface area contributed by atoms with Gasteiger partial charge in [0, 0.05) is 24.3 Å². The van der Waals surface area contributed by atoms with E-state index in [9.17, 15) is 4.79 Å². The third kappa shape index (κ3) is 5.35. The molecule has 0 spiro atoms. The Bertz CT molecular complexity index is 997. The zero-order valence-corrected chi connectivity index (χ0v) is 17.5. The maximum Gasteiger partial charge on any atom is 0.255 e. The predicted molar refractivity (Wildman–Crippen MR) is 122 cm³/mol. The number of rotatable bonds is 7. The van der Waals surface area contributed by atoms with Crippen LogP contribution in [0.1, 0.15) is 17.3 Å². The highest BCUT2D eigenvalue weighted by atomic mass is 16.5. The summed E-state index contributed by atoms with van der Waals surface area (Å²) in [6, 6.07) is 22.4. The van der Waals surface area contributed by atoms with Gasteiger partial charge in [0.05, 0.1) is 25.5 Å². The smallest absolute Gasteiger partial charge is 0.255 e. The Kier molecular flexibility index (Phi) is 6.69. The molecule has 6 heteroatoms. The summed E-state index contributed by atoms with van der Waals surface area (Å²) < 4.78 is 16.8. The molecule has 31 heavy (non-hydrogen) atoms. The quantitative estimate of drug-likeness (QED) is 0.587. The van der Waals surface area contributed by atoms with Crippen molar-refractivity contribution in [3.63, 3.8) is 0 Å². The SMILES string of the molecule is CCOc1ccc(Oc2ccccc2NC(=O)c2ccc(N3CCOCC3)cc2)cc1. The number of nitrogens with one attached hydrogen (secondary N) is 1. The lowest BCUT2D eigenvalue weighted by molar-refractivity contribution is 0.102. The van der Waals surface area contributed by atoms with Crippen molar-refractivity contribution in [2.45, 2.75) is 6.92 Å². The molecular formula is C25H26N2O4. The number of para-hydroxylation sites is 2. The van der Waals surface area contributed by atoms with Crippen LogP contribution in [-0.4, -0.2) is 38.8 Å². The summed E-state index contributed by atoms with van der Waals surface area (Å²) in [6.07, 6.45) is 0. The van der Waals surface area contributed by atoms with E-state index in [1.165, 1.54) is 0 Å². The third-order valence-electron chi connectivity index (χ3n) is 5.00. The van der Waals surface area contributed by atoms with Gasteiger partial charge in [-0.2, -0.15) is 0 Å². The van der Waals surface area contributed by atoms with Crippen LogP contribution in [0, 0.1) is 0 Å². The van der Waals surface area contributed by atoms with E-state index in [2.05, 4.69) is 10.2 Å². The first-order valence-electron chi connectivity index (χ1n) is 10.5. The van der Waals surface area contributed by atoms with Gasteiger partial charge in [-0.25, -0.2) is 0 Å². The maximum absolute atomic E-state index is 12.8. The van der Waals surface area contributed by atoms with E-state index in [0.29, 0.717) is 29.4 Å². The lowest BCUT2D eigenvalue weighted by Crippen LogP contribution is -2.36. The molecule has 1 saturated heterocycles. The van der Waals surface area contributed by atoms with Gasteiger partial charge in [0.15, 0.2) is 5.75 Å². The Morgan fingerprint density at radius 3 is 2.32 bits per heavy atom. The minimum absolute atomic E-state index is 0.184. The van der Waals surface area contributed by atoms with Gasteiger partial charge in [0.2, 0.25) is 0 Å². The van der Waals surface area contributed by atoms with Gasteiger partial charge in [0.25, 0.3) is 5.91 Å². The molecule has 1 heterocycles. The van der Waals surface area contributed by atoms with Gasteiger partial charge in [-0.3, -0.25) is 4.79 Å². The van der Waals surface area contributed by atoms with Crippen LogP contribution >= 0.6 is 0 Å². The average Bonchev–Trinajstić information content (AvgIpc) is 2.82. The maximum atomic E-state index is 12.8. The normalized spacial score (nSPS) is 13.5.